The molecule has 0 heterocycles. The van der Waals surface area contributed by atoms with E-state index in [1.807, 2.05) is 0 Å². The Morgan fingerprint density at radius 1 is 1.20 bits per heavy atom. The van der Waals surface area contributed by atoms with Crippen LogP contribution in [0.5, 0.6) is 0 Å². The lowest BCUT2D eigenvalue weighted by Crippen LogP contribution is -2.49. The molecule has 2 rings (SSSR count). The average Bonchev–Trinajstić information content (AvgIpc) is 2.67. The normalized spacial score (nSPS) is 15.8. The summed E-state index contributed by atoms with van der Waals surface area (Å²) in [7, 11) is 0. The van der Waals surface area contributed by atoms with Gasteiger partial charge in [-0.2, -0.15) is 0 Å². The van der Waals surface area contributed by atoms with Crippen LogP contribution in [0.15, 0.2) is 24.3 Å². The van der Waals surface area contributed by atoms with Gasteiger partial charge in [-0.3, -0.25) is 14.9 Å². The number of nitro groups is 1. The van der Waals surface area contributed by atoms with Gasteiger partial charge in [0.2, 0.25) is 5.91 Å². The van der Waals surface area contributed by atoms with Crippen molar-refractivity contribution in [3.63, 3.8) is 0 Å². The molecule has 2 amide bonds. The van der Waals surface area contributed by atoms with Crippen molar-refractivity contribution in [1.82, 2.24) is 10.6 Å². The van der Waals surface area contributed by atoms with Crippen LogP contribution in [0, 0.1) is 16.0 Å². The lowest BCUT2D eigenvalue weighted by atomic mass is 9.84. The number of nitro benzene ring substituents is 1. The van der Waals surface area contributed by atoms with Crippen molar-refractivity contribution in [2.45, 2.75) is 64.5 Å². The van der Waals surface area contributed by atoms with E-state index in [4.69, 9.17) is 4.74 Å². The zero-order valence-electron chi connectivity index (χ0n) is 17.9. The molecule has 1 aromatic carbocycles. The van der Waals surface area contributed by atoms with E-state index in [1.165, 1.54) is 18.6 Å². The van der Waals surface area contributed by atoms with E-state index >= 15 is 0 Å². The number of nitrogens with zero attached hydrogens (tertiary/aromatic N) is 1. The Hall–Kier alpha value is -2.68. The van der Waals surface area contributed by atoms with Crippen molar-refractivity contribution in [2.75, 3.05) is 18.4 Å². The molecule has 9 heteroatoms. The van der Waals surface area contributed by atoms with Gasteiger partial charge in [0.1, 0.15) is 11.3 Å². The summed E-state index contributed by atoms with van der Waals surface area (Å²) in [5, 5.41) is 19.7. The number of alkyl carbamates (subject to hydrolysis) is 1. The highest BCUT2D eigenvalue weighted by Crippen LogP contribution is 2.26. The number of hydrogen-bond donors (Lipinski definition) is 3. The Morgan fingerprint density at radius 3 is 2.50 bits per heavy atom. The van der Waals surface area contributed by atoms with Gasteiger partial charge < -0.3 is 20.7 Å². The predicted molar refractivity (Wildman–Crippen MR) is 114 cm³/mol. The number of hydrogen-bond acceptors (Lipinski definition) is 6. The molecule has 0 unspecified atom stereocenters. The topological polar surface area (TPSA) is 123 Å². The molecule has 9 nitrogen and oxygen atoms in total. The van der Waals surface area contributed by atoms with Crippen LogP contribution < -0.4 is 16.0 Å². The van der Waals surface area contributed by atoms with Gasteiger partial charge in [-0.15, -0.1) is 0 Å². The van der Waals surface area contributed by atoms with E-state index in [9.17, 15) is 19.7 Å². The first-order valence-electron chi connectivity index (χ1n) is 10.4. The number of anilines is 1. The molecule has 0 radical (unpaired) electrons. The fraction of sp³-hybridized carbons (Fsp3) is 0.619. The highest BCUT2D eigenvalue weighted by Gasteiger charge is 2.26. The fourth-order valence-corrected chi connectivity index (χ4v) is 3.61. The van der Waals surface area contributed by atoms with Crippen LogP contribution in [-0.4, -0.2) is 41.7 Å². The van der Waals surface area contributed by atoms with Gasteiger partial charge >= 0.3 is 6.09 Å². The summed E-state index contributed by atoms with van der Waals surface area (Å²) >= 11 is 0. The summed E-state index contributed by atoms with van der Waals surface area (Å²) in [6, 6.07) is 5.94. The van der Waals surface area contributed by atoms with Crippen LogP contribution in [0.25, 0.3) is 0 Å². The molecule has 166 valence electrons. The molecule has 1 aliphatic carbocycles. The third-order valence-corrected chi connectivity index (χ3v) is 4.98. The number of ether oxygens (including phenoxy) is 1. The van der Waals surface area contributed by atoms with Crippen molar-refractivity contribution in [3.05, 3.63) is 34.4 Å². The van der Waals surface area contributed by atoms with Gasteiger partial charge in [0, 0.05) is 18.7 Å². The monoisotopic (exact) mass is 420 g/mol. The number of amides is 2. The maximum atomic E-state index is 12.4. The average molecular weight is 421 g/mol. The number of carbonyl (C=O) groups is 2. The van der Waals surface area contributed by atoms with E-state index in [2.05, 4.69) is 16.0 Å². The molecule has 1 saturated carbocycles. The number of carbonyl (C=O) groups excluding carboxylic acids is 2. The quantitative estimate of drug-likeness (QED) is 0.436. The van der Waals surface area contributed by atoms with Crippen molar-refractivity contribution < 1.29 is 19.2 Å². The fourth-order valence-electron chi connectivity index (χ4n) is 3.61. The summed E-state index contributed by atoms with van der Waals surface area (Å²) in [6.07, 6.45) is 5.00. The predicted octanol–water partition coefficient (Wildman–Crippen LogP) is 3.60. The highest BCUT2D eigenvalue weighted by molar-refractivity contribution is 5.94. The second-order valence-corrected chi connectivity index (χ2v) is 8.59. The van der Waals surface area contributed by atoms with Crippen LogP contribution in [0.1, 0.15) is 52.9 Å². The van der Waals surface area contributed by atoms with E-state index in [0.29, 0.717) is 12.5 Å². The van der Waals surface area contributed by atoms with Gasteiger partial charge in [0.25, 0.3) is 5.69 Å². The maximum Gasteiger partial charge on any atom is 0.407 e. The minimum atomic E-state index is -0.581. The number of para-hydroxylation sites is 2. The van der Waals surface area contributed by atoms with Gasteiger partial charge in [-0.05, 0) is 45.6 Å². The van der Waals surface area contributed by atoms with E-state index < -0.39 is 16.6 Å². The molecule has 1 atom stereocenters. The van der Waals surface area contributed by atoms with Gasteiger partial charge in [0.15, 0.2) is 0 Å². The van der Waals surface area contributed by atoms with Crippen LogP contribution in [0.4, 0.5) is 16.2 Å². The summed E-state index contributed by atoms with van der Waals surface area (Å²) < 4.78 is 5.29. The molecule has 0 bridgehead atoms. The maximum absolute atomic E-state index is 12.4. The first kappa shape index (κ1) is 23.6. The zero-order valence-corrected chi connectivity index (χ0v) is 17.9. The van der Waals surface area contributed by atoms with Gasteiger partial charge in [-0.1, -0.05) is 31.4 Å². The van der Waals surface area contributed by atoms with Crippen molar-refractivity contribution in [2.24, 2.45) is 5.92 Å². The molecule has 30 heavy (non-hydrogen) atoms. The lowest BCUT2D eigenvalue weighted by molar-refractivity contribution is -0.383. The summed E-state index contributed by atoms with van der Waals surface area (Å²) in [4.78, 5) is 35.0. The van der Waals surface area contributed by atoms with Crippen molar-refractivity contribution in [3.8, 4) is 0 Å². The van der Waals surface area contributed by atoms with Crippen LogP contribution >= 0.6 is 0 Å². The lowest BCUT2D eigenvalue weighted by Gasteiger charge is -2.31. The summed E-state index contributed by atoms with van der Waals surface area (Å²) in [5.41, 5.74) is -0.570. The van der Waals surface area contributed by atoms with Crippen LogP contribution in [0.3, 0.4) is 0 Å². The number of benzene rings is 1. The zero-order chi connectivity index (χ0) is 22.1. The SMILES string of the molecule is CC(C)(C)OC(=O)NC[C@@H](NCC(=O)Nc1ccccc1[N+](=O)[O-])C1CCCCC1. The molecule has 0 aromatic heterocycles. The molecule has 0 aliphatic heterocycles. The van der Waals surface area contributed by atoms with Crippen molar-refractivity contribution >= 4 is 23.4 Å². The minimum absolute atomic E-state index is 0.0107. The first-order chi connectivity index (χ1) is 14.2. The van der Waals surface area contributed by atoms with E-state index in [-0.39, 0.29) is 29.9 Å². The smallest absolute Gasteiger partial charge is 0.407 e. The number of rotatable bonds is 8. The second-order valence-electron chi connectivity index (χ2n) is 8.59. The Bertz CT molecular complexity index is 741. The molecule has 1 fully saturated rings. The third kappa shape index (κ3) is 7.98. The standard InChI is InChI=1S/C21H32N4O5/c1-21(2,3)30-20(27)23-13-17(15-9-5-4-6-10-15)22-14-19(26)24-16-11-7-8-12-18(16)25(28)29/h7-8,11-12,15,17,22H,4-6,9-10,13-14H2,1-3H3,(H,23,27)(H,24,26)/t17-/m1/s1. The second kappa shape index (κ2) is 10.9. The Balaban J connectivity index is 1.94. The number of nitrogens with one attached hydrogen (secondary N) is 3. The van der Waals surface area contributed by atoms with Gasteiger partial charge in [-0.25, -0.2) is 4.79 Å². The van der Waals surface area contributed by atoms with Gasteiger partial charge in [0.05, 0.1) is 11.5 Å². The molecule has 1 aliphatic rings. The third-order valence-electron chi connectivity index (χ3n) is 4.98. The van der Waals surface area contributed by atoms with Crippen LogP contribution in [-0.2, 0) is 9.53 Å². The minimum Gasteiger partial charge on any atom is -0.444 e. The van der Waals surface area contributed by atoms with Crippen LogP contribution in [0.2, 0.25) is 0 Å². The van der Waals surface area contributed by atoms with E-state index in [0.717, 1.165) is 25.7 Å². The van der Waals surface area contributed by atoms with Crippen molar-refractivity contribution in [1.29, 1.82) is 0 Å². The summed E-state index contributed by atoms with van der Waals surface area (Å²) in [5.74, 6) is -0.0325. The molecule has 0 spiro atoms. The summed E-state index contributed by atoms with van der Waals surface area (Å²) in [6.45, 7) is 5.74. The highest BCUT2D eigenvalue weighted by atomic mass is 16.6. The molecule has 3 N–H and O–H groups in total. The Kier molecular flexibility index (Phi) is 8.58. The first-order valence-corrected chi connectivity index (χ1v) is 10.4. The largest absolute Gasteiger partial charge is 0.444 e. The Labute approximate surface area is 177 Å². The molecule has 1 aromatic rings. The molecule has 0 saturated heterocycles. The Morgan fingerprint density at radius 2 is 1.87 bits per heavy atom. The van der Waals surface area contributed by atoms with E-state index in [1.54, 1.807) is 32.9 Å². The molecular weight excluding hydrogens is 388 g/mol. The molecular formula is C21H32N4O5.